The molecule has 1 atom stereocenters. The Hall–Kier alpha value is -5.04. The number of piperidine rings is 2. The van der Waals surface area contributed by atoms with Crippen molar-refractivity contribution in [1.29, 1.82) is 0 Å². The van der Waals surface area contributed by atoms with Gasteiger partial charge in [-0.05, 0) is 87.4 Å². The lowest BCUT2D eigenvalue weighted by Crippen LogP contribution is -2.52. The summed E-state index contributed by atoms with van der Waals surface area (Å²) in [5.74, 6) is 1.47. The zero-order valence-corrected chi connectivity index (χ0v) is 29.2. The molecule has 3 amide bonds. The third-order valence-electron chi connectivity index (χ3n) is 10.7. The van der Waals surface area contributed by atoms with Crippen molar-refractivity contribution in [2.24, 2.45) is 11.7 Å². The average molecular weight is 694 g/mol. The molecule has 13 heteroatoms. The van der Waals surface area contributed by atoms with E-state index in [1.165, 1.54) is 12.0 Å². The number of benzene rings is 2. The van der Waals surface area contributed by atoms with Crippen LogP contribution < -0.4 is 26.2 Å². The molecule has 13 nitrogen and oxygen atoms in total. The van der Waals surface area contributed by atoms with Crippen LogP contribution in [0.15, 0.2) is 53.2 Å². The van der Waals surface area contributed by atoms with Crippen molar-refractivity contribution in [2.45, 2.75) is 63.7 Å². The Labute approximate surface area is 297 Å². The molecule has 0 radical (unpaired) electrons. The quantitative estimate of drug-likeness (QED) is 0.163. The van der Waals surface area contributed by atoms with Gasteiger partial charge in [-0.25, -0.2) is 9.97 Å². The molecule has 0 saturated carbocycles. The van der Waals surface area contributed by atoms with Crippen molar-refractivity contribution in [3.8, 4) is 0 Å². The van der Waals surface area contributed by atoms with Gasteiger partial charge in [0.15, 0.2) is 17.1 Å². The lowest BCUT2D eigenvalue weighted by molar-refractivity contribution is -0.125. The number of primary amides is 1. The van der Waals surface area contributed by atoms with Gasteiger partial charge in [0.25, 0.3) is 5.91 Å². The molecule has 0 aliphatic carbocycles. The van der Waals surface area contributed by atoms with Gasteiger partial charge in [-0.3, -0.25) is 19.7 Å². The van der Waals surface area contributed by atoms with Crippen LogP contribution in [0.1, 0.15) is 85.5 Å². The Morgan fingerprint density at radius 3 is 2.51 bits per heavy atom. The molecule has 51 heavy (non-hydrogen) atoms. The largest absolute Gasteiger partial charge is 0.371 e. The molecular weight excluding hydrogens is 646 g/mol. The van der Waals surface area contributed by atoms with E-state index in [1.54, 1.807) is 6.20 Å². The number of hydrogen-bond donors (Lipinski definition) is 3. The second kappa shape index (κ2) is 15.5. The minimum atomic E-state index is -0.597. The van der Waals surface area contributed by atoms with Gasteiger partial charge in [0, 0.05) is 73.8 Å². The van der Waals surface area contributed by atoms with Crippen LogP contribution in [0, 0.1) is 5.92 Å². The normalized spacial score (nSPS) is 18.0. The molecule has 1 unspecified atom stereocenters. The van der Waals surface area contributed by atoms with Crippen molar-refractivity contribution in [2.75, 3.05) is 60.9 Å². The van der Waals surface area contributed by atoms with E-state index in [2.05, 4.69) is 77.9 Å². The topological polar surface area (TPSA) is 163 Å². The first-order valence-corrected chi connectivity index (χ1v) is 18.2. The Balaban J connectivity index is 0.873. The summed E-state index contributed by atoms with van der Waals surface area (Å²) in [4.78, 5) is 50.6. The maximum Gasteiger partial charge on any atom is 0.271 e. The first-order chi connectivity index (χ1) is 24.8. The van der Waals surface area contributed by atoms with Crippen LogP contribution in [0.4, 0.5) is 23.0 Å². The van der Waals surface area contributed by atoms with Gasteiger partial charge in [0.2, 0.25) is 12.3 Å². The van der Waals surface area contributed by atoms with E-state index in [9.17, 15) is 14.4 Å². The van der Waals surface area contributed by atoms with Gasteiger partial charge in [-0.2, -0.15) is 0 Å². The molecule has 3 fully saturated rings. The maximum atomic E-state index is 12.1. The Morgan fingerprint density at radius 1 is 1.02 bits per heavy atom. The smallest absolute Gasteiger partial charge is 0.271 e. The first kappa shape index (κ1) is 34.4. The zero-order chi connectivity index (χ0) is 35.3. The number of hydrogen-bond acceptors (Lipinski definition) is 11. The second-order valence-corrected chi connectivity index (χ2v) is 14.3. The number of carbonyl (C=O) groups excluding carboxylic acids is 3. The molecule has 268 valence electrons. The number of likely N-dealkylation sites (tertiary alicyclic amines) is 1. The van der Waals surface area contributed by atoms with Crippen molar-refractivity contribution >= 4 is 52.2 Å². The van der Waals surface area contributed by atoms with Crippen LogP contribution in [0.5, 0.6) is 0 Å². The predicted molar refractivity (Wildman–Crippen MR) is 196 cm³/mol. The van der Waals surface area contributed by atoms with Crippen LogP contribution in [0.3, 0.4) is 0 Å². The van der Waals surface area contributed by atoms with Crippen molar-refractivity contribution < 1.29 is 18.9 Å². The lowest BCUT2D eigenvalue weighted by Gasteiger charge is -2.44. The molecule has 0 spiro atoms. The molecule has 2 aromatic carbocycles. The van der Waals surface area contributed by atoms with Gasteiger partial charge in [0.05, 0.1) is 11.9 Å². The highest BCUT2D eigenvalue weighted by atomic mass is 16.5. The summed E-state index contributed by atoms with van der Waals surface area (Å²) in [5.41, 5.74) is 10.7. The maximum absolute atomic E-state index is 12.1. The Morgan fingerprint density at radius 2 is 1.78 bits per heavy atom. The van der Waals surface area contributed by atoms with Crippen LogP contribution in [-0.4, -0.2) is 84.1 Å². The molecule has 2 aromatic heterocycles. The van der Waals surface area contributed by atoms with E-state index in [0.29, 0.717) is 30.5 Å². The summed E-state index contributed by atoms with van der Waals surface area (Å²) < 4.78 is 5.68. The predicted octanol–water partition coefficient (Wildman–Crippen LogP) is 4.92. The number of nitrogens with zero attached hydrogens (tertiary/aromatic N) is 6. The highest BCUT2D eigenvalue weighted by molar-refractivity contribution is 5.96. The summed E-state index contributed by atoms with van der Waals surface area (Å²) in [7, 11) is 0. The second-order valence-electron chi connectivity index (χ2n) is 14.3. The summed E-state index contributed by atoms with van der Waals surface area (Å²) in [6, 6.07) is 14.7. The molecule has 4 N–H and O–H groups in total. The molecule has 7 rings (SSSR count). The fourth-order valence-corrected chi connectivity index (χ4v) is 7.73. The number of imide groups is 1. The Bertz CT molecular complexity index is 1840. The number of nitrogens with one attached hydrogen (secondary N) is 2. The number of amides is 3. The highest BCUT2D eigenvalue weighted by Gasteiger charge is 2.31. The summed E-state index contributed by atoms with van der Waals surface area (Å²) >= 11 is 0. The molecule has 5 heterocycles. The Kier molecular flexibility index (Phi) is 10.4. The van der Waals surface area contributed by atoms with Crippen LogP contribution in [0.2, 0.25) is 0 Å². The van der Waals surface area contributed by atoms with Crippen LogP contribution in [-0.2, 0) is 9.59 Å². The van der Waals surface area contributed by atoms with E-state index >= 15 is 0 Å². The number of nitrogens with two attached hydrogens (primary N) is 1. The minimum absolute atomic E-state index is 0.0364. The average Bonchev–Trinajstić information content (AvgIpc) is 3.56. The fourth-order valence-electron chi connectivity index (χ4n) is 7.73. The number of fused-ring (bicyclic) bond motifs is 1. The third kappa shape index (κ3) is 7.98. The molecule has 3 aliphatic rings. The van der Waals surface area contributed by atoms with E-state index in [0.717, 1.165) is 105 Å². The van der Waals surface area contributed by atoms with E-state index in [4.69, 9.17) is 15.2 Å². The van der Waals surface area contributed by atoms with E-state index < -0.39 is 5.91 Å². The van der Waals surface area contributed by atoms with Gasteiger partial charge in [-0.1, -0.05) is 24.2 Å². The third-order valence-corrected chi connectivity index (χ3v) is 10.7. The van der Waals surface area contributed by atoms with E-state index in [-0.39, 0.29) is 23.9 Å². The SMILES string of the molecule is CC(CCC(=O)NC=O)c1noc2cc(N3CC(CN4CCC(c5ccc(Nc6nc(N7CCCCC7)cnc6C(N)=O)cc5)CC4)C3)ccc12. The summed E-state index contributed by atoms with van der Waals surface area (Å²) in [5, 5.41) is 10.8. The molecule has 0 bridgehead atoms. The molecule has 3 aliphatic heterocycles. The number of carbonyl (C=O) groups is 3. The standard InChI is InChI=1S/C38H47N9O4/c1-25(5-12-34(49)41-24-48)35-31-11-10-30(19-32(31)51-44-35)47-22-26(23-47)21-45-17-13-28(14-18-45)27-6-8-29(9-7-27)42-38-36(37(39)50)40-20-33(43-38)46-15-3-2-4-16-46/h6-11,19-20,24-26,28H,2-5,12-18,21-23H2,1H3,(H2,39,50)(H,42,43)(H,41,48,49). The number of anilines is 4. The minimum Gasteiger partial charge on any atom is -0.371 e. The lowest BCUT2D eigenvalue weighted by atomic mass is 9.88. The van der Waals surface area contributed by atoms with Crippen LogP contribution >= 0.6 is 0 Å². The summed E-state index contributed by atoms with van der Waals surface area (Å²) in [6.07, 6.45) is 8.65. The first-order valence-electron chi connectivity index (χ1n) is 18.2. The summed E-state index contributed by atoms with van der Waals surface area (Å²) in [6.45, 7) is 9.22. The van der Waals surface area contributed by atoms with Gasteiger partial charge < -0.3 is 30.3 Å². The number of aromatic nitrogens is 3. The zero-order valence-electron chi connectivity index (χ0n) is 29.2. The van der Waals surface area contributed by atoms with Crippen molar-refractivity contribution in [1.82, 2.24) is 25.3 Å². The van der Waals surface area contributed by atoms with Gasteiger partial charge >= 0.3 is 0 Å². The molecular formula is C38H47N9O4. The van der Waals surface area contributed by atoms with E-state index in [1.807, 2.05) is 6.92 Å². The number of rotatable bonds is 13. The highest BCUT2D eigenvalue weighted by Crippen LogP contribution is 2.35. The molecule has 3 saturated heterocycles. The van der Waals surface area contributed by atoms with Crippen molar-refractivity contribution in [3.63, 3.8) is 0 Å². The van der Waals surface area contributed by atoms with Crippen LogP contribution in [0.25, 0.3) is 11.0 Å². The molecule has 4 aromatic rings. The van der Waals surface area contributed by atoms with Gasteiger partial charge in [-0.15, -0.1) is 0 Å². The fraction of sp³-hybridized carbons (Fsp3) is 0.474. The van der Waals surface area contributed by atoms with Gasteiger partial charge in [0.1, 0.15) is 5.82 Å². The van der Waals surface area contributed by atoms with Crippen molar-refractivity contribution in [3.05, 3.63) is 65.6 Å². The monoisotopic (exact) mass is 693 g/mol.